The zero-order valence-electron chi connectivity index (χ0n) is 12.3. The number of hydrogen-bond donors (Lipinski definition) is 0. The van der Waals surface area contributed by atoms with E-state index in [2.05, 4.69) is 15.0 Å². The second kappa shape index (κ2) is 5.55. The van der Waals surface area contributed by atoms with Gasteiger partial charge in [-0.2, -0.15) is 0 Å². The van der Waals surface area contributed by atoms with Crippen LogP contribution in [0.1, 0.15) is 42.2 Å². The number of rotatable bonds is 3. The van der Waals surface area contributed by atoms with Crippen LogP contribution >= 0.6 is 0 Å². The fraction of sp³-hybridized carbons (Fsp3) is 0.250. The third-order valence-electron chi connectivity index (χ3n) is 3.26. The Bertz CT molecular complexity index is 789. The molecule has 22 heavy (non-hydrogen) atoms. The van der Waals surface area contributed by atoms with E-state index in [0.717, 1.165) is 6.42 Å². The quantitative estimate of drug-likeness (QED) is 0.643. The molecule has 6 nitrogen and oxygen atoms in total. The molecule has 0 radical (unpaired) electrons. The van der Waals surface area contributed by atoms with Crippen LogP contribution in [0.4, 0.5) is 0 Å². The lowest BCUT2D eigenvalue weighted by molar-refractivity contribution is -0.140. The van der Waals surface area contributed by atoms with Crippen LogP contribution in [0.25, 0.3) is 11.3 Å². The van der Waals surface area contributed by atoms with Gasteiger partial charge in [-0.3, -0.25) is 4.79 Å². The van der Waals surface area contributed by atoms with E-state index >= 15 is 0 Å². The number of Topliss-reactive ketones (excluding diaryl/α,β-unsaturated/α-hetero) is 1. The van der Waals surface area contributed by atoms with Gasteiger partial charge in [0.25, 0.3) is 0 Å². The summed E-state index contributed by atoms with van der Waals surface area (Å²) in [7, 11) is 0. The van der Waals surface area contributed by atoms with Crippen LogP contribution in [-0.4, -0.2) is 22.4 Å². The predicted molar refractivity (Wildman–Crippen MR) is 78.6 cm³/mol. The van der Waals surface area contributed by atoms with Gasteiger partial charge in [0.15, 0.2) is 17.4 Å². The number of fused-ring (bicyclic) bond motifs is 3. The summed E-state index contributed by atoms with van der Waals surface area (Å²) < 4.78 is 5.77. The fourth-order valence-corrected chi connectivity index (χ4v) is 2.34. The normalized spacial score (nSPS) is 14.6. The zero-order valence-corrected chi connectivity index (χ0v) is 12.3. The van der Waals surface area contributed by atoms with Crippen molar-refractivity contribution in [3.8, 4) is 11.3 Å². The molecule has 112 valence electrons. The Morgan fingerprint density at radius 3 is 2.73 bits per heavy atom. The molecule has 1 heterocycles. The van der Waals surface area contributed by atoms with Crippen LogP contribution in [-0.2, 0) is 16.1 Å². The summed E-state index contributed by atoms with van der Waals surface area (Å²) in [5.74, 6) is 0.0933. The minimum Gasteiger partial charge on any atom is -0.440 e. The Balaban J connectivity index is 2.18. The predicted octanol–water partition coefficient (Wildman–Crippen LogP) is 2.76. The molecule has 0 N–H and O–H groups in total. The largest absolute Gasteiger partial charge is 0.440 e. The van der Waals surface area contributed by atoms with Crippen LogP contribution < -0.4 is 0 Å². The van der Waals surface area contributed by atoms with Crippen molar-refractivity contribution >= 4 is 17.5 Å². The third kappa shape index (κ3) is 2.32. The molecule has 2 aromatic rings. The van der Waals surface area contributed by atoms with Gasteiger partial charge in [0.05, 0.1) is 0 Å². The molecule has 0 saturated carbocycles. The van der Waals surface area contributed by atoms with E-state index in [1.54, 1.807) is 18.2 Å². The van der Waals surface area contributed by atoms with E-state index in [0.29, 0.717) is 34.9 Å². The molecular weight excluding hydrogens is 284 g/mol. The molecule has 0 fully saturated rings. The van der Waals surface area contributed by atoms with Crippen LogP contribution in [0, 0.1) is 0 Å². The van der Waals surface area contributed by atoms with Gasteiger partial charge >= 0.3 is 5.97 Å². The van der Waals surface area contributed by atoms with Crippen molar-refractivity contribution in [2.45, 2.75) is 26.7 Å². The molecule has 0 saturated heterocycles. The number of carbonyl (C=O) groups is 2. The van der Waals surface area contributed by atoms with Crippen molar-refractivity contribution in [2.24, 2.45) is 5.16 Å². The van der Waals surface area contributed by atoms with Crippen LogP contribution in [0.5, 0.6) is 0 Å². The monoisotopic (exact) mass is 298 g/mol. The molecule has 3 rings (SSSR count). The lowest BCUT2D eigenvalue weighted by atomic mass is 9.90. The number of aryl methyl sites for hydroxylation is 1. The van der Waals surface area contributed by atoms with Gasteiger partial charge in [-0.1, -0.05) is 36.3 Å². The van der Waals surface area contributed by atoms with E-state index in [9.17, 15) is 9.59 Å². The average molecular weight is 298 g/mol. The standard InChI is InChI=1S/C16H14N2O4/c1-3-6-12-17-14-13(18-22-9(2)19)15(20)10-7-4-5-8-11(10)16(14)21-12/h4-5,7-8H,3,6H2,1-2H3. The first-order chi connectivity index (χ1) is 10.6. The minimum absolute atomic E-state index is 0.00463. The number of nitrogens with zero attached hydrogens (tertiary/aromatic N) is 2. The Hall–Kier alpha value is -2.76. The Morgan fingerprint density at radius 2 is 2.05 bits per heavy atom. The second-order valence-electron chi connectivity index (χ2n) is 4.93. The number of aromatic nitrogens is 1. The van der Waals surface area contributed by atoms with Crippen molar-refractivity contribution in [3.05, 3.63) is 41.4 Å². The molecule has 1 aliphatic carbocycles. The van der Waals surface area contributed by atoms with Crippen molar-refractivity contribution < 1.29 is 18.8 Å². The molecule has 1 aliphatic rings. The lowest BCUT2D eigenvalue weighted by Gasteiger charge is -2.13. The lowest BCUT2D eigenvalue weighted by Crippen LogP contribution is -2.23. The molecule has 0 unspecified atom stereocenters. The SMILES string of the molecule is CCCc1nc2c(o1)-c1ccccc1C(=O)C2=NOC(C)=O. The first-order valence-electron chi connectivity index (χ1n) is 7.01. The summed E-state index contributed by atoms with van der Waals surface area (Å²) in [5, 5.41) is 3.67. The van der Waals surface area contributed by atoms with E-state index in [1.807, 2.05) is 13.0 Å². The van der Waals surface area contributed by atoms with E-state index in [4.69, 9.17) is 4.42 Å². The molecule has 0 spiro atoms. The van der Waals surface area contributed by atoms with Gasteiger partial charge in [0, 0.05) is 24.5 Å². The summed E-state index contributed by atoms with van der Waals surface area (Å²) in [4.78, 5) is 32.5. The van der Waals surface area contributed by atoms with E-state index < -0.39 is 5.97 Å². The number of carbonyl (C=O) groups excluding carboxylic acids is 2. The first kappa shape index (κ1) is 14.2. The number of oxime groups is 1. The van der Waals surface area contributed by atoms with Gasteiger partial charge in [-0.15, -0.1) is 0 Å². The van der Waals surface area contributed by atoms with E-state index in [1.165, 1.54) is 6.92 Å². The van der Waals surface area contributed by atoms with Crippen LogP contribution in [0.3, 0.4) is 0 Å². The Labute approximate surface area is 126 Å². The molecular formula is C16H14N2O4. The van der Waals surface area contributed by atoms with Crippen molar-refractivity contribution in [1.29, 1.82) is 0 Å². The van der Waals surface area contributed by atoms with Gasteiger partial charge in [-0.25, -0.2) is 9.78 Å². The molecule has 0 aliphatic heterocycles. The first-order valence-corrected chi connectivity index (χ1v) is 7.01. The molecule has 6 heteroatoms. The van der Waals surface area contributed by atoms with Crippen molar-refractivity contribution in [3.63, 3.8) is 0 Å². The van der Waals surface area contributed by atoms with E-state index in [-0.39, 0.29) is 11.5 Å². The second-order valence-corrected chi connectivity index (χ2v) is 4.93. The average Bonchev–Trinajstić information content (AvgIpc) is 2.91. The maximum Gasteiger partial charge on any atom is 0.332 e. The molecule has 0 bridgehead atoms. The Kier molecular flexibility index (Phi) is 3.58. The highest BCUT2D eigenvalue weighted by atomic mass is 16.7. The molecule has 1 aromatic carbocycles. The summed E-state index contributed by atoms with van der Waals surface area (Å²) in [6.45, 7) is 3.23. The Morgan fingerprint density at radius 1 is 1.32 bits per heavy atom. The maximum atomic E-state index is 12.6. The highest BCUT2D eigenvalue weighted by molar-refractivity contribution is 6.54. The third-order valence-corrected chi connectivity index (χ3v) is 3.26. The summed E-state index contributed by atoms with van der Waals surface area (Å²) >= 11 is 0. The number of ketones is 1. The van der Waals surface area contributed by atoms with Gasteiger partial charge in [-0.05, 0) is 6.42 Å². The summed E-state index contributed by atoms with van der Waals surface area (Å²) in [6, 6.07) is 7.07. The van der Waals surface area contributed by atoms with Crippen LogP contribution in [0.2, 0.25) is 0 Å². The molecule has 0 atom stereocenters. The fourth-order valence-electron chi connectivity index (χ4n) is 2.34. The number of oxazole rings is 1. The molecule has 1 aromatic heterocycles. The summed E-state index contributed by atoms with van der Waals surface area (Å²) in [5.41, 5.74) is 1.46. The van der Waals surface area contributed by atoms with Crippen molar-refractivity contribution in [2.75, 3.05) is 0 Å². The smallest absolute Gasteiger partial charge is 0.332 e. The van der Waals surface area contributed by atoms with Gasteiger partial charge in [0.1, 0.15) is 5.69 Å². The topological polar surface area (TPSA) is 81.8 Å². The highest BCUT2D eigenvalue weighted by Gasteiger charge is 2.34. The molecule has 0 amide bonds. The number of benzene rings is 1. The minimum atomic E-state index is -0.599. The summed E-state index contributed by atoms with van der Waals surface area (Å²) in [6.07, 6.45) is 1.52. The number of hydrogen-bond acceptors (Lipinski definition) is 6. The highest BCUT2D eigenvalue weighted by Crippen LogP contribution is 2.34. The zero-order chi connectivity index (χ0) is 15.7. The van der Waals surface area contributed by atoms with Crippen LogP contribution in [0.15, 0.2) is 33.8 Å². The van der Waals surface area contributed by atoms with Gasteiger partial charge < -0.3 is 9.25 Å². The maximum absolute atomic E-state index is 12.6. The van der Waals surface area contributed by atoms with Crippen molar-refractivity contribution in [1.82, 2.24) is 4.98 Å². The van der Waals surface area contributed by atoms with Gasteiger partial charge in [0.2, 0.25) is 5.78 Å².